The Kier molecular flexibility index (Phi) is 9.64. The first-order valence-corrected chi connectivity index (χ1v) is 11.2. The average Bonchev–Trinajstić information content (AvgIpc) is 2.74. The van der Waals surface area contributed by atoms with Crippen molar-refractivity contribution in [2.45, 2.75) is 42.7 Å². The Morgan fingerprint density at radius 2 is 1.84 bits per heavy atom. The molecule has 12 nitrogen and oxygen atoms in total. The Bertz CT molecular complexity index is 847. The first kappa shape index (κ1) is 25.5. The molecule has 174 valence electrons. The zero-order chi connectivity index (χ0) is 23.0. The maximum absolute atomic E-state index is 11.9. The molecule has 1 aromatic rings. The molecule has 0 unspecified atom stereocenters. The molecule has 1 fully saturated rings. The fourth-order valence-electron chi connectivity index (χ4n) is 2.56. The summed E-state index contributed by atoms with van der Waals surface area (Å²) in [5.41, 5.74) is -0.924. The molecular weight excluding hydrogens is 458 g/mol. The lowest BCUT2D eigenvalue weighted by Gasteiger charge is -2.39. The molecule has 4 N–H and O–H groups in total. The molecule has 1 aromatic carbocycles. The topological polar surface area (TPSA) is 195 Å². The summed E-state index contributed by atoms with van der Waals surface area (Å²) in [6, 6.07) is 8.20. The van der Waals surface area contributed by atoms with E-state index in [1.54, 1.807) is 30.3 Å². The van der Waals surface area contributed by atoms with Gasteiger partial charge < -0.3 is 34.5 Å². The number of thioether (sulfide) groups is 1. The molecule has 0 aromatic heterocycles. The summed E-state index contributed by atoms with van der Waals surface area (Å²) in [5.74, 6) is -0.570. The zero-order valence-corrected chi connectivity index (χ0v) is 17.6. The van der Waals surface area contributed by atoms with Crippen LogP contribution < -0.4 is 0 Å². The summed E-state index contributed by atoms with van der Waals surface area (Å²) >= 11 is 0.621. The van der Waals surface area contributed by atoms with Gasteiger partial charge in [0.25, 0.3) is 10.4 Å². The maximum atomic E-state index is 11.9. The number of hydrogen-bond acceptors (Lipinski definition) is 13. The SMILES string of the molecule is O=C(OCCC/C(=N\OS(=O)(=O)[O-])S[C@@H]1O[C@H](CO)[C@@H](O)[C@H](O)[C@H]1O)c1ccccc1. The van der Waals surface area contributed by atoms with Gasteiger partial charge in [-0.15, -0.1) is 0 Å². The second kappa shape index (κ2) is 11.7. The average molecular weight is 480 g/mol. The van der Waals surface area contributed by atoms with Crippen molar-refractivity contribution in [1.82, 2.24) is 0 Å². The summed E-state index contributed by atoms with van der Waals surface area (Å²) in [4.78, 5) is 11.9. The van der Waals surface area contributed by atoms with Crippen LogP contribution in [0.2, 0.25) is 0 Å². The Labute approximate surface area is 182 Å². The third-order valence-corrected chi connectivity index (χ3v) is 5.54. The molecule has 1 heterocycles. The molecular formula is C17H22NO11S2-. The van der Waals surface area contributed by atoms with Crippen LogP contribution >= 0.6 is 11.8 Å². The Morgan fingerprint density at radius 1 is 1.16 bits per heavy atom. The van der Waals surface area contributed by atoms with Gasteiger partial charge in [0.2, 0.25) is 0 Å². The van der Waals surface area contributed by atoms with Gasteiger partial charge in [0.15, 0.2) is 0 Å². The van der Waals surface area contributed by atoms with Crippen LogP contribution in [0.3, 0.4) is 0 Å². The second-order valence-electron chi connectivity index (χ2n) is 6.39. The zero-order valence-electron chi connectivity index (χ0n) is 16.0. The number of oxime groups is 1. The molecule has 14 heteroatoms. The number of hydrogen-bond donors (Lipinski definition) is 4. The van der Waals surface area contributed by atoms with Gasteiger partial charge in [-0.1, -0.05) is 35.1 Å². The lowest BCUT2D eigenvalue weighted by Crippen LogP contribution is -2.57. The van der Waals surface area contributed by atoms with Crippen molar-refractivity contribution < 1.29 is 51.9 Å². The first-order valence-electron chi connectivity index (χ1n) is 9.03. The quantitative estimate of drug-likeness (QED) is 0.0637. The van der Waals surface area contributed by atoms with Crippen LogP contribution in [0.15, 0.2) is 35.5 Å². The number of carbonyl (C=O) groups is 1. The van der Waals surface area contributed by atoms with Gasteiger partial charge >= 0.3 is 5.97 Å². The van der Waals surface area contributed by atoms with E-state index in [1.165, 1.54) is 0 Å². The summed E-state index contributed by atoms with van der Waals surface area (Å²) in [6.45, 7) is -0.735. The maximum Gasteiger partial charge on any atom is 0.338 e. The van der Waals surface area contributed by atoms with E-state index in [9.17, 15) is 38.2 Å². The summed E-state index contributed by atoms with van der Waals surface area (Å²) in [7, 11) is -5.16. The predicted octanol–water partition coefficient (Wildman–Crippen LogP) is -1.05. The van der Waals surface area contributed by atoms with Crippen molar-refractivity contribution in [2.24, 2.45) is 5.16 Å². The molecule has 0 bridgehead atoms. The molecule has 2 rings (SSSR count). The molecule has 0 radical (unpaired) electrons. The number of aliphatic hydroxyl groups excluding tert-OH is 4. The highest BCUT2D eigenvalue weighted by molar-refractivity contribution is 8.14. The molecule has 0 spiro atoms. The fourth-order valence-corrected chi connectivity index (χ4v) is 3.90. The first-order chi connectivity index (χ1) is 14.6. The van der Waals surface area contributed by atoms with Crippen LogP contribution in [-0.2, 0) is 24.2 Å². The van der Waals surface area contributed by atoms with E-state index >= 15 is 0 Å². The third-order valence-electron chi connectivity index (χ3n) is 4.11. The number of aliphatic hydroxyl groups is 4. The van der Waals surface area contributed by atoms with Gasteiger partial charge in [-0.25, -0.2) is 4.79 Å². The van der Waals surface area contributed by atoms with Crippen molar-refractivity contribution in [3.05, 3.63) is 35.9 Å². The number of ether oxygens (including phenoxy) is 2. The van der Waals surface area contributed by atoms with Crippen LogP contribution in [0.4, 0.5) is 0 Å². The van der Waals surface area contributed by atoms with Crippen LogP contribution in [-0.4, -0.2) is 87.5 Å². The van der Waals surface area contributed by atoms with E-state index in [1.807, 2.05) is 0 Å². The lowest BCUT2D eigenvalue weighted by atomic mass is 10.0. The van der Waals surface area contributed by atoms with Crippen molar-refractivity contribution in [1.29, 1.82) is 0 Å². The van der Waals surface area contributed by atoms with Gasteiger partial charge in [0, 0.05) is 6.42 Å². The molecule has 0 aliphatic carbocycles. The van der Waals surface area contributed by atoms with E-state index in [0.717, 1.165) is 0 Å². The largest absolute Gasteiger partial charge is 0.714 e. The minimum atomic E-state index is -5.16. The van der Waals surface area contributed by atoms with Gasteiger partial charge in [0.05, 0.1) is 18.8 Å². The summed E-state index contributed by atoms with van der Waals surface area (Å²) in [5, 5.41) is 42.1. The number of rotatable bonds is 9. The third kappa shape index (κ3) is 8.01. The summed E-state index contributed by atoms with van der Waals surface area (Å²) in [6.07, 6.45) is -5.93. The van der Waals surface area contributed by atoms with Gasteiger partial charge in [-0.2, -0.15) is 8.42 Å². The monoisotopic (exact) mass is 480 g/mol. The number of nitrogens with zero attached hydrogens (tertiary/aromatic N) is 1. The molecule has 0 amide bonds. The normalized spacial score (nSPS) is 27.0. The standard InChI is InChI=1S/C17H23NO11S2/c19-9-11-13(20)14(21)15(22)17(28-11)30-12(18-29-31(24,25)26)7-4-8-27-16(23)10-5-2-1-3-6-10/h1-3,5-6,11,13-15,17,19-22H,4,7-9H2,(H,24,25,26)/p-1/b18-12+/t11-,13-,14+,15-,17+/m1/s1. The van der Waals surface area contributed by atoms with E-state index < -0.39 is 52.8 Å². The van der Waals surface area contributed by atoms with E-state index in [0.29, 0.717) is 17.3 Å². The van der Waals surface area contributed by atoms with Gasteiger partial charge in [-0.05, 0) is 18.6 Å². The van der Waals surface area contributed by atoms with Gasteiger partial charge in [0.1, 0.15) is 34.9 Å². The lowest BCUT2D eigenvalue weighted by molar-refractivity contribution is -0.205. The molecule has 1 saturated heterocycles. The van der Waals surface area contributed by atoms with Crippen molar-refractivity contribution in [3.63, 3.8) is 0 Å². The van der Waals surface area contributed by atoms with Crippen LogP contribution in [0, 0.1) is 0 Å². The molecule has 5 atom stereocenters. The highest BCUT2D eigenvalue weighted by Crippen LogP contribution is 2.30. The number of carbonyl (C=O) groups excluding carboxylic acids is 1. The van der Waals surface area contributed by atoms with Crippen LogP contribution in [0.1, 0.15) is 23.2 Å². The minimum absolute atomic E-state index is 0.0444. The van der Waals surface area contributed by atoms with Crippen molar-refractivity contribution in [3.8, 4) is 0 Å². The van der Waals surface area contributed by atoms with Crippen molar-refractivity contribution >= 4 is 33.2 Å². The van der Waals surface area contributed by atoms with Gasteiger partial charge in [-0.3, -0.25) is 4.28 Å². The van der Waals surface area contributed by atoms with E-state index in [-0.39, 0.29) is 24.5 Å². The Morgan fingerprint density at radius 3 is 2.45 bits per heavy atom. The molecule has 0 saturated carbocycles. The van der Waals surface area contributed by atoms with E-state index in [4.69, 9.17) is 9.47 Å². The molecule has 31 heavy (non-hydrogen) atoms. The van der Waals surface area contributed by atoms with E-state index in [2.05, 4.69) is 9.44 Å². The van der Waals surface area contributed by atoms with Crippen LogP contribution in [0.25, 0.3) is 0 Å². The number of benzene rings is 1. The Balaban J connectivity index is 1.98. The smallest absolute Gasteiger partial charge is 0.338 e. The highest BCUT2D eigenvalue weighted by Gasteiger charge is 2.44. The van der Waals surface area contributed by atoms with Crippen molar-refractivity contribution in [2.75, 3.05) is 13.2 Å². The Hall–Kier alpha value is -1.78. The van der Waals surface area contributed by atoms with Crippen LogP contribution in [0.5, 0.6) is 0 Å². The minimum Gasteiger partial charge on any atom is -0.714 e. The second-order valence-corrected chi connectivity index (χ2v) is 8.53. The fraction of sp³-hybridized carbons (Fsp3) is 0.529. The number of esters is 1. The summed E-state index contributed by atoms with van der Waals surface area (Å²) < 4.78 is 46.4. The molecule has 1 aliphatic heterocycles. The molecule has 1 aliphatic rings. The predicted molar refractivity (Wildman–Crippen MR) is 106 cm³/mol. The highest BCUT2D eigenvalue weighted by atomic mass is 32.3.